The first-order valence-electron chi connectivity index (χ1n) is 7.73. The van der Waals surface area contributed by atoms with Gasteiger partial charge in [-0.15, -0.1) is 0 Å². The lowest BCUT2D eigenvalue weighted by atomic mass is 9.87. The van der Waals surface area contributed by atoms with Gasteiger partial charge in [-0.05, 0) is 35.2 Å². The minimum absolute atomic E-state index is 0.0277. The Labute approximate surface area is 145 Å². The van der Waals surface area contributed by atoms with E-state index in [-0.39, 0.29) is 11.3 Å². The van der Waals surface area contributed by atoms with Crippen LogP contribution in [-0.4, -0.2) is 16.8 Å². The Hall–Kier alpha value is -2.39. The van der Waals surface area contributed by atoms with E-state index in [1.807, 2.05) is 24.3 Å². The molecule has 0 saturated heterocycles. The first kappa shape index (κ1) is 16.5. The molecule has 0 amide bonds. The van der Waals surface area contributed by atoms with E-state index in [0.717, 1.165) is 11.8 Å². The number of carbonyl (C=O) groups is 2. The van der Waals surface area contributed by atoms with Gasteiger partial charge in [-0.3, -0.25) is 14.2 Å². The molecule has 0 aliphatic carbocycles. The molecule has 0 radical (unpaired) electrons. The molecule has 122 valence electrons. The fraction of sp³-hybridized carbons (Fsp3) is 0.200. The number of nitrogens with zero attached hydrogens (tertiary/aromatic N) is 1. The lowest BCUT2D eigenvalue weighted by Crippen LogP contribution is -2.13. The van der Waals surface area contributed by atoms with Crippen LogP contribution in [-0.2, 0) is 5.41 Å². The van der Waals surface area contributed by atoms with Crippen molar-refractivity contribution in [1.82, 2.24) is 4.57 Å². The normalized spacial score (nSPS) is 11.7. The largest absolute Gasteiger partial charge is 0.298 e. The summed E-state index contributed by atoms with van der Waals surface area (Å²) in [5.41, 5.74) is 2.80. The molecule has 3 nitrogen and oxygen atoms in total. The lowest BCUT2D eigenvalue weighted by Gasteiger charge is -2.19. The van der Waals surface area contributed by atoms with Gasteiger partial charge in [0.25, 0.3) is 5.91 Å². The standard InChI is InChI=1S/C20H18ClNO2/c1-20(2,3)15-9-7-13(8-10-15)19(24)22-11-14(12-23)18-16(21)5-4-6-17(18)22/h4-12H,1-3H3. The highest BCUT2D eigenvalue weighted by atomic mass is 35.5. The Morgan fingerprint density at radius 3 is 2.33 bits per heavy atom. The summed E-state index contributed by atoms with van der Waals surface area (Å²) >= 11 is 6.19. The maximum Gasteiger partial charge on any atom is 0.262 e. The van der Waals surface area contributed by atoms with Crippen molar-refractivity contribution >= 4 is 34.7 Å². The third-order valence-corrected chi connectivity index (χ3v) is 4.47. The van der Waals surface area contributed by atoms with Crippen LogP contribution in [0.1, 0.15) is 47.1 Å². The number of benzene rings is 2. The van der Waals surface area contributed by atoms with E-state index in [9.17, 15) is 9.59 Å². The van der Waals surface area contributed by atoms with Crippen LogP contribution in [0.25, 0.3) is 10.9 Å². The Bertz CT molecular complexity index is 931. The molecule has 2 aromatic carbocycles. The summed E-state index contributed by atoms with van der Waals surface area (Å²) in [5.74, 6) is -0.184. The molecule has 0 bridgehead atoms. The minimum Gasteiger partial charge on any atom is -0.298 e. The van der Waals surface area contributed by atoms with Gasteiger partial charge in [0.15, 0.2) is 6.29 Å². The summed E-state index contributed by atoms with van der Waals surface area (Å²) < 4.78 is 1.48. The summed E-state index contributed by atoms with van der Waals surface area (Å²) in [7, 11) is 0. The van der Waals surface area contributed by atoms with Crippen molar-refractivity contribution in [3.63, 3.8) is 0 Å². The molecule has 0 N–H and O–H groups in total. The molecule has 0 saturated carbocycles. The third-order valence-electron chi connectivity index (χ3n) is 4.15. The zero-order chi connectivity index (χ0) is 17.5. The van der Waals surface area contributed by atoms with Crippen molar-refractivity contribution in [1.29, 1.82) is 0 Å². The summed E-state index contributed by atoms with van der Waals surface area (Å²) in [6, 6.07) is 12.8. The Kier molecular flexibility index (Phi) is 4.06. The van der Waals surface area contributed by atoms with Gasteiger partial charge >= 0.3 is 0 Å². The van der Waals surface area contributed by atoms with Gasteiger partial charge in [0.1, 0.15) is 0 Å². The number of aromatic nitrogens is 1. The van der Waals surface area contributed by atoms with Crippen molar-refractivity contribution in [3.8, 4) is 0 Å². The number of carbonyl (C=O) groups excluding carboxylic acids is 2. The average molecular weight is 340 g/mol. The molecule has 0 aliphatic heterocycles. The molecule has 1 aromatic heterocycles. The molecule has 0 spiro atoms. The monoisotopic (exact) mass is 339 g/mol. The number of fused-ring (bicyclic) bond motifs is 1. The molecule has 1 heterocycles. The second-order valence-electron chi connectivity index (χ2n) is 6.84. The first-order valence-corrected chi connectivity index (χ1v) is 8.10. The van der Waals surface area contributed by atoms with E-state index < -0.39 is 0 Å². The average Bonchev–Trinajstić information content (AvgIpc) is 2.93. The van der Waals surface area contributed by atoms with Crippen molar-refractivity contribution in [3.05, 3.63) is 70.4 Å². The number of rotatable bonds is 2. The van der Waals surface area contributed by atoms with Gasteiger partial charge in [0.05, 0.1) is 10.5 Å². The first-order chi connectivity index (χ1) is 11.3. The molecular formula is C20H18ClNO2. The third kappa shape index (κ3) is 2.76. The highest BCUT2D eigenvalue weighted by Gasteiger charge is 2.18. The fourth-order valence-corrected chi connectivity index (χ4v) is 3.06. The van der Waals surface area contributed by atoms with E-state index in [1.54, 1.807) is 24.4 Å². The zero-order valence-corrected chi connectivity index (χ0v) is 14.6. The van der Waals surface area contributed by atoms with Gasteiger partial charge in [-0.2, -0.15) is 0 Å². The van der Waals surface area contributed by atoms with E-state index in [1.165, 1.54) is 4.57 Å². The smallest absolute Gasteiger partial charge is 0.262 e. The number of aldehydes is 1. The lowest BCUT2D eigenvalue weighted by molar-refractivity contribution is 0.0965. The second kappa shape index (κ2) is 5.91. The van der Waals surface area contributed by atoms with Crippen molar-refractivity contribution < 1.29 is 9.59 Å². The van der Waals surface area contributed by atoms with Crippen molar-refractivity contribution in [2.75, 3.05) is 0 Å². The van der Waals surface area contributed by atoms with Crippen LogP contribution in [0, 0.1) is 0 Å². The maximum atomic E-state index is 12.9. The van der Waals surface area contributed by atoms with Crippen molar-refractivity contribution in [2.45, 2.75) is 26.2 Å². The van der Waals surface area contributed by atoms with Gasteiger partial charge < -0.3 is 0 Å². The van der Waals surface area contributed by atoms with E-state index in [2.05, 4.69) is 20.8 Å². The summed E-state index contributed by atoms with van der Waals surface area (Å²) in [5, 5.41) is 1.07. The Morgan fingerprint density at radius 2 is 1.75 bits per heavy atom. The Morgan fingerprint density at radius 1 is 1.08 bits per heavy atom. The zero-order valence-electron chi connectivity index (χ0n) is 13.8. The number of halogens is 1. The Balaban J connectivity index is 2.09. The molecule has 0 unspecified atom stereocenters. The van der Waals surface area contributed by atoms with Gasteiger partial charge in [-0.25, -0.2) is 0 Å². The highest BCUT2D eigenvalue weighted by molar-refractivity contribution is 6.36. The predicted octanol–water partition coefficient (Wildman–Crippen LogP) is 5.09. The minimum atomic E-state index is -0.184. The van der Waals surface area contributed by atoms with E-state index in [0.29, 0.717) is 27.1 Å². The molecular weight excluding hydrogens is 322 g/mol. The van der Waals surface area contributed by atoms with Crippen LogP contribution in [0.5, 0.6) is 0 Å². The molecule has 4 heteroatoms. The van der Waals surface area contributed by atoms with E-state index in [4.69, 9.17) is 11.6 Å². The topological polar surface area (TPSA) is 39.1 Å². The molecule has 24 heavy (non-hydrogen) atoms. The van der Waals surface area contributed by atoms with Crippen LogP contribution >= 0.6 is 11.6 Å². The summed E-state index contributed by atoms with van der Waals surface area (Å²) in [6.07, 6.45) is 2.27. The van der Waals surface area contributed by atoms with Crippen LogP contribution < -0.4 is 0 Å². The molecule has 0 atom stereocenters. The molecule has 3 aromatic rings. The quantitative estimate of drug-likeness (QED) is 0.610. The van der Waals surface area contributed by atoms with Gasteiger partial charge in [0, 0.05) is 22.7 Å². The number of hydrogen-bond acceptors (Lipinski definition) is 2. The predicted molar refractivity (Wildman–Crippen MR) is 97.2 cm³/mol. The second-order valence-corrected chi connectivity index (χ2v) is 7.25. The van der Waals surface area contributed by atoms with Crippen LogP contribution in [0.3, 0.4) is 0 Å². The van der Waals surface area contributed by atoms with Crippen molar-refractivity contribution in [2.24, 2.45) is 0 Å². The van der Waals surface area contributed by atoms with E-state index >= 15 is 0 Å². The number of hydrogen-bond donors (Lipinski definition) is 0. The van der Waals surface area contributed by atoms with Gasteiger partial charge in [0.2, 0.25) is 0 Å². The van der Waals surface area contributed by atoms with Crippen LogP contribution in [0.15, 0.2) is 48.7 Å². The fourth-order valence-electron chi connectivity index (χ4n) is 2.78. The SMILES string of the molecule is CC(C)(C)c1ccc(C(=O)n2cc(C=O)c3c(Cl)cccc32)cc1. The van der Waals surface area contributed by atoms with Gasteiger partial charge in [-0.1, -0.05) is 50.6 Å². The summed E-state index contributed by atoms with van der Waals surface area (Å²) in [4.78, 5) is 24.2. The highest BCUT2D eigenvalue weighted by Crippen LogP contribution is 2.29. The van der Waals surface area contributed by atoms with Crippen LogP contribution in [0.4, 0.5) is 0 Å². The van der Waals surface area contributed by atoms with Crippen LogP contribution in [0.2, 0.25) is 5.02 Å². The molecule has 3 rings (SSSR count). The maximum absolute atomic E-state index is 12.9. The molecule has 0 aliphatic rings. The molecule has 0 fully saturated rings. The summed E-state index contributed by atoms with van der Waals surface area (Å²) in [6.45, 7) is 6.38.